The van der Waals surface area contributed by atoms with Crippen LogP contribution in [0.4, 0.5) is 14.5 Å². The second-order valence-electron chi connectivity index (χ2n) is 6.57. The molecule has 1 N–H and O–H groups in total. The summed E-state index contributed by atoms with van der Waals surface area (Å²) >= 11 is 5.98. The molecular weight excluding hydrogens is 390 g/mol. The van der Waals surface area contributed by atoms with Gasteiger partial charge in [0, 0.05) is 23.7 Å². The predicted octanol–water partition coefficient (Wildman–Crippen LogP) is 4.17. The summed E-state index contributed by atoms with van der Waals surface area (Å²) in [6.45, 7) is -0.918. The average molecular weight is 409 g/mol. The molecule has 2 amide bonds. The number of carbonyl (C=O) groups excluding carboxylic acids is 2. The van der Waals surface area contributed by atoms with Crippen LogP contribution >= 0.6 is 11.6 Å². The van der Waals surface area contributed by atoms with E-state index in [0.29, 0.717) is 16.3 Å². The van der Waals surface area contributed by atoms with Gasteiger partial charge < -0.3 is 15.0 Å². The van der Waals surface area contributed by atoms with Crippen molar-refractivity contribution in [1.29, 1.82) is 0 Å². The number of carbonyl (C=O) groups is 2. The maximum atomic E-state index is 12.6. The SMILES string of the molecule is CC(NC(=O)C1CC(=O)N(c2cccc(Cl)c2)C1)c1cccc(OC(F)F)c1. The molecule has 1 aliphatic heterocycles. The minimum absolute atomic E-state index is 0.0248. The number of anilines is 1. The van der Waals surface area contributed by atoms with Gasteiger partial charge in [-0.05, 0) is 42.8 Å². The molecule has 1 saturated heterocycles. The maximum absolute atomic E-state index is 12.6. The van der Waals surface area contributed by atoms with Crippen molar-refractivity contribution in [3.63, 3.8) is 0 Å². The zero-order valence-corrected chi connectivity index (χ0v) is 15.8. The lowest BCUT2D eigenvalue weighted by Crippen LogP contribution is -2.34. The van der Waals surface area contributed by atoms with Crippen molar-refractivity contribution in [3.05, 3.63) is 59.1 Å². The van der Waals surface area contributed by atoms with E-state index < -0.39 is 18.6 Å². The molecule has 148 valence electrons. The van der Waals surface area contributed by atoms with Crippen LogP contribution in [0.3, 0.4) is 0 Å². The van der Waals surface area contributed by atoms with E-state index in [1.807, 2.05) is 0 Å². The van der Waals surface area contributed by atoms with Gasteiger partial charge in [-0.1, -0.05) is 29.8 Å². The van der Waals surface area contributed by atoms with Gasteiger partial charge in [0.05, 0.1) is 12.0 Å². The average Bonchev–Trinajstić information content (AvgIpc) is 3.03. The molecule has 0 aromatic heterocycles. The second-order valence-corrected chi connectivity index (χ2v) is 7.00. The Morgan fingerprint density at radius 3 is 2.71 bits per heavy atom. The van der Waals surface area contributed by atoms with Crippen LogP contribution in [0.15, 0.2) is 48.5 Å². The van der Waals surface area contributed by atoms with Gasteiger partial charge in [-0.15, -0.1) is 0 Å². The Morgan fingerprint density at radius 2 is 2.00 bits per heavy atom. The van der Waals surface area contributed by atoms with E-state index in [0.717, 1.165) is 0 Å². The fourth-order valence-corrected chi connectivity index (χ4v) is 3.34. The van der Waals surface area contributed by atoms with Gasteiger partial charge in [0.2, 0.25) is 11.8 Å². The number of alkyl halides is 2. The predicted molar refractivity (Wildman–Crippen MR) is 102 cm³/mol. The number of hydrogen-bond acceptors (Lipinski definition) is 3. The molecule has 2 aromatic carbocycles. The maximum Gasteiger partial charge on any atom is 0.387 e. The van der Waals surface area contributed by atoms with Gasteiger partial charge in [0.1, 0.15) is 5.75 Å². The Balaban J connectivity index is 1.64. The fourth-order valence-electron chi connectivity index (χ4n) is 3.15. The third-order valence-electron chi connectivity index (χ3n) is 4.56. The number of rotatable bonds is 6. The van der Waals surface area contributed by atoms with Crippen LogP contribution in [0.5, 0.6) is 5.75 Å². The molecule has 1 fully saturated rings. The second kappa shape index (κ2) is 8.56. The topological polar surface area (TPSA) is 58.6 Å². The first-order valence-electron chi connectivity index (χ1n) is 8.74. The molecule has 0 bridgehead atoms. The quantitative estimate of drug-likeness (QED) is 0.780. The number of nitrogens with zero attached hydrogens (tertiary/aromatic N) is 1. The normalized spacial score (nSPS) is 17.7. The summed E-state index contributed by atoms with van der Waals surface area (Å²) in [4.78, 5) is 26.5. The van der Waals surface area contributed by atoms with Gasteiger partial charge >= 0.3 is 6.61 Å². The highest BCUT2D eigenvalue weighted by atomic mass is 35.5. The van der Waals surface area contributed by atoms with E-state index in [9.17, 15) is 18.4 Å². The van der Waals surface area contributed by atoms with E-state index in [4.69, 9.17) is 11.6 Å². The van der Waals surface area contributed by atoms with E-state index >= 15 is 0 Å². The molecule has 1 aliphatic rings. The van der Waals surface area contributed by atoms with Gasteiger partial charge in [0.25, 0.3) is 0 Å². The molecule has 0 radical (unpaired) electrons. The summed E-state index contributed by atoms with van der Waals surface area (Å²) in [6, 6.07) is 12.6. The molecule has 0 spiro atoms. The van der Waals surface area contributed by atoms with Crippen LogP contribution in [-0.2, 0) is 9.59 Å². The number of amides is 2. The number of hydrogen-bond donors (Lipinski definition) is 1. The Morgan fingerprint density at radius 1 is 1.25 bits per heavy atom. The highest BCUT2D eigenvalue weighted by molar-refractivity contribution is 6.31. The lowest BCUT2D eigenvalue weighted by atomic mass is 10.0. The van der Waals surface area contributed by atoms with Crippen LogP contribution < -0.4 is 15.0 Å². The molecular formula is C20H19ClF2N2O3. The Hall–Kier alpha value is -2.67. The van der Waals surface area contributed by atoms with Crippen LogP contribution in [-0.4, -0.2) is 25.0 Å². The van der Waals surface area contributed by atoms with E-state index in [1.165, 1.54) is 17.0 Å². The lowest BCUT2D eigenvalue weighted by molar-refractivity contribution is -0.126. The van der Waals surface area contributed by atoms with E-state index in [2.05, 4.69) is 10.1 Å². The molecule has 2 unspecified atom stereocenters. The van der Waals surface area contributed by atoms with Gasteiger partial charge in [0.15, 0.2) is 0 Å². The molecule has 5 nitrogen and oxygen atoms in total. The summed E-state index contributed by atoms with van der Waals surface area (Å²) in [5.74, 6) is -0.904. The van der Waals surface area contributed by atoms with Crippen molar-refractivity contribution < 1.29 is 23.1 Å². The van der Waals surface area contributed by atoms with Crippen LogP contribution in [0, 0.1) is 5.92 Å². The zero-order chi connectivity index (χ0) is 20.3. The summed E-state index contributed by atoms with van der Waals surface area (Å²) < 4.78 is 29.1. The summed E-state index contributed by atoms with van der Waals surface area (Å²) in [7, 11) is 0. The Bertz CT molecular complexity index is 878. The highest BCUT2D eigenvalue weighted by Crippen LogP contribution is 2.28. The van der Waals surface area contributed by atoms with Gasteiger partial charge in [-0.2, -0.15) is 8.78 Å². The Kier molecular flexibility index (Phi) is 6.14. The minimum atomic E-state index is -2.91. The van der Waals surface area contributed by atoms with Gasteiger partial charge in [-0.25, -0.2) is 0 Å². The third-order valence-corrected chi connectivity index (χ3v) is 4.79. The van der Waals surface area contributed by atoms with Crippen molar-refractivity contribution in [2.24, 2.45) is 5.92 Å². The molecule has 8 heteroatoms. The standard InChI is InChI=1S/C20H19ClF2N2O3/c1-12(13-4-2-7-17(8-13)28-20(22)23)24-19(27)14-9-18(26)25(11-14)16-6-3-5-15(21)10-16/h2-8,10,12,14,20H,9,11H2,1H3,(H,24,27). The monoisotopic (exact) mass is 408 g/mol. The first kappa shape index (κ1) is 20.1. The smallest absolute Gasteiger partial charge is 0.387 e. The van der Waals surface area contributed by atoms with Gasteiger partial charge in [-0.3, -0.25) is 9.59 Å². The van der Waals surface area contributed by atoms with E-state index in [-0.39, 0.29) is 30.5 Å². The van der Waals surface area contributed by atoms with Crippen LogP contribution in [0.25, 0.3) is 0 Å². The molecule has 0 saturated carbocycles. The molecule has 2 atom stereocenters. The van der Waals surface area contributed by atoms with E-state index in [1.54, 1.807) is 43.3 Å². The lowest BCUT2D eigenvalue weighted by Gasteiger charge is -2.19. The summed E-state index contributed by atoms with van der Waals surface area (Å²) in [6.07, 6.45) is 0.0968. The number of halogens is 3. The molecule has 1 heterocycles. The summed E-state index contributed by atoms with van der Waals surface area (Å²) in [5.41, 5.74) is 1.28. The van der Waals surface area contributed by atoms with Crippen molar-refractivity contribution in [2.75, 3.05) is 11.4 Å². The summed E-state index contributed by atoms with van der Waals surface area (Å²) in [5, 5.41) is 3.35. The third kappa shape index (κ3) is 4.78. The molecule has 0 aliphatic carbocycles. The largest absolute Gasteiger partial charge is 0.435 e. The number of nitrogens with one attached hydrogen (secondary N) is 1. The number of benzene rings is 2. The first-order chi connectivity index (χ1) is 13.3. The molecule has 28 heavy (non-hydrogen) atoms. The van der Waals surface area contributed by atoms with Crippen molar-refractivity contribution in [3.8, 4) is 5.75 Å². The fraction of sp³-hybridized carbons (Fsp3) is 0.300. The Labute approximate surface area is 166 Å². The van der Waals surface area contributed by atoms with Crippen molar-refractivity contribution in [2.45, 2.75) is 26.0 Å². The first-order valence-corrected chi connectivity index (χ1v) is 9.12. The molecule has 3 rings (SSSR count). The highest BCUT2D eigenvalue weighted by Gasteiger charge is 2.35. The zero-order valence-electron chi connectivity index (χ0n) is 15.1. The number of ether oxygens (including phenoxy) is 1. The molecule has 2 aromatic rings. The minimum Gasteiger partial charge on any atom is -0.435 e. The van der Waals surface area contributed by atoms with Crippen LogP contribution in [0.1, 0.15) is 24.9 Å². The van der Waals surface area contributed by atoms with Crippen molar-refractivity contribution >= 4 is 29.1 Å². The van der Waals surface area contributed by atoms with Crippen LogP contribution in [0.2, 0.25) is 5.02 Å². The van der Waals surface area contributed by atoms with Crippen molar-refractivity contribution in [1.82, 2.24) is 5.32 Å².